The van der Waals surface area contributed by atoms with Gasteiger partial charge in [0, 0.05) is 42.2 Å². The number of rotatable bonds is 2. The molecule has 0 saturated carbocycles. The topological polar surface area (TPSA) is 45.2 Å². The lowest BCUT2D eigenvalue weighted by Crippen LogP contribution is -2.30. The van der Waals surface area contributed by atoms with E-state index < -0.39 is 0 Å². The van der Waals surface area contributed by atoms with Gasteiger partial charge in [0.2, 0.25) is 0 Å². The van der Waals surface area contributed by atoms with Crippen LogP contribution in [0.4, 0.5) is 5.13 Å². The van der Waals surface area contributed by atoms with Crippen molar-refractivity contribution in [3.05, 3.63) is 47.5 Å². The monoisotopic (exact) mass is 297 g/mol. The van der Waals surface area contributed by atoms with Gasteiger partial charge in [-0.2, -0.15) is 0 Å². The molecule has 1 saturated heterocycles. The molecule has 1 aromatic carbocycles. The molecule has 1 unspecified atom stereocenters. The van der Waals surface area contributed by atoms with Crippen molar-refractivity contribution in [2.75, 3.05) is 18.4 Å². The molecule has 1 aliphatic heterocycles. The molecular weight excluding hydrogens is 282 g/mol. The predicted octanol–water partition coefficient (Wildman–Crippen LogP) is 2.21. The Hall–Kier alpha value is -2.32. The van der Waals surface area contributed by atoms with Crippen molar-refractivity contribution in [1.29, 1.82) is 0 Å². The lowest BCUT2D eigenvalue weighted by atomic mass is 10.2. The van der Waals surface area contributed by atoms with Crippen molar-refractivity contribution in [1.82, 2.24) is 9.88 Å². The number of likely N-dealkylation sites (tertiary alicyclic amines) is 1. The van der Waals surface area contributed by atoms with Crippen LogP contribution in [0.15, 0.2) is 41.9 Å². The van der Waals surface area contributed by atoms with Gasteiger partial charge in [0.1, 0.15) is 0 Å². The molecule has 3 rings (SSSR count). The maximum absolute atomic E-state index is 12.1. The molecular formula is C16H15N3OS. The lowest BCUT2D eigenvalue weighted by molar-refractivity contribution is -0.124. The fourth-order valence-corrected chi connectivity index (χ4v) is 2.87. The van der Waals surface area contributed by atoms with E-state index in [-0.39, 0.29) is 11.9 Å². The third-order valence-corrected chi connectivity index (χ3v) is 4.03. The van der Waals surface area contributed by atoms with Crippen LogP contribution in [0.5, 0.6) is 0 Å². The van der Waals surface area contributed by atoms with Gasteiger partial charge in [-0.1, -0.05) is 24.1 Å². The van der Waals surface area contributed by atoms with E-state index in [0.29, 0.717) is 6.54 Å². The first-order valence-corrected chi connectivity index (χ1v) is 7.71. The Morgan fingerprint density at radius 3 is 3.00 bits per heavy atom. The third kappa shape index (κ3) is 3.61. The van der Waals surface area contributed by atoms with Crippen LogP contribution < -0.4 is 5.32 Å². The minimum absolute atomic E-state index is 0.109. The molecule has 0 aliphatic carbocycles. The molecule has 4 nitrogen and oxygen atoms in total. The SMILES string of the molecule is O=C(C#Cc1ccccc1)N1CCC(Nc2nccs2)C1. The number of nitrogens with one attached hydrogen (secondary N) is 1. The highest BCUT2D eigenvalue weighted by atomic mass is 32.1. The summed E-state index contributed by atoms with van der Waals surface area (Å²) in [5, 5.41) is 6.19. The summed E-state index contributed by atoms with van der Waals surface area (Å²) >= 11 is 1.57. The molecule has 106 valence electrons. The van der Waals surface area contributed by atoms with Crippen molar-refractivity contribution < 1.29 is 4.79 Å². The first-order chi connectivity index (χ1) is 10.3. The lowest BCUT2D eigenvalue weighted by Gasteiger charge is -2.13. The van der Waals surface area contributed by atoms with Crippen LogP contribution in [0.3, 0.4) is 0 Å². The van der Waals surface area contributed by atoms with Crippen molar-refractivity contribution in [3.8, 4) is 11.8 Å². The van der Waals surface area contributed by atoms with Gasteiger partial charge in [-0.05, 0) is 18.6 Å². The summed E-state index contributed by atoms with van der Waals surface area (Å²) in [6.45, 7) is 1.42. The van der Waals surface area contributed by atoms with E-state index >= 15 is 0 Å². The first kappa shape index (κ1) is 13.7. The zero-order valence-corrected chi connectivity index (χ0v) is 12.3. The van der Waals surface area contributed by atoms with Gasteiger partial charge in [0.05, 0.1) is 0 Å². The average Bonchev–Trinajstić information content (AvgIpc) is 3.18. The Kier molecular flexibility index (Phi) is 4.17. The molecule has 1 aromatic heterocycles. The molecule has 1 N–H and O–H groups in total. The smallest absolute Gasteiger partial charge is 0.298 e. The van der Waals surface area contributed by atoms with Crippen molar-refractivity contribution in [3.63, 3.8) is 0 Å². The van der Waals surface area contributed by atoms with E-state index in [4.69, 9.17) is 0 Å². The molecule has 0 spiro atoms. The number of thiazole rings is 1. The van der Waals surface area contributed by atoms with E-state index in [0.717, 1.165) is 23.7 Å². The maximum Gasteiger partial charge on any atom is 0.298 e. The normalized spacial score (nSPS) is 17.1. The van der Waals surface area contributed by atoms with Crippen LogP contribution in [-0.2, 0) is 4.79 Å². The largest absolute Gasteiger partial charge is 0.357 e. The Labute approximate surface area is 127 Å². The number of hydrogen-bond donors (Lipinski definition) is 1. The van der Waals surface area contributed by atoms with E-state index in [1.165, 1.54) is 0 Å². The second kappa shape index (κ2) is 6.42. The molecule has 1 atom stereocenters. The van der Waals surface area contributed by atoms with Crippen LogP contribution in [0.25, 0.3) is 0 Å². The molecule has 0 bridgehead atoms. The van der Waals surface area contributed by atoms with Crippen LogP contribution in [0, 0.1) is 11.8 Å². The summed E-state index contributed by atoms with van der Waals surface area (Å²) in [6, 6.07) is 9.83. The second-order valence-electron chi connectivity index (χ2n) is 4.83. The van der Waals surface area contributed by atoms with Crippen LogP contribution in [0.2, 0.25) is 0 Å². The summed E-state index contributed by atoms with van der Waals surface area (Å²) < 4.78 is 0. The second-order valence-corrected chi connectivity index (χ2v) is 5.73. The highest BCUT2D eigenvalue weighted by Gasteiger charge is 2.25. The molecule has 1 aliphatic rings. The third-order valence-electron chi connectivity index (χ3n) is 3.32. The van der Waals surface area contributed by atoms with Crippen molar-refractivity contribution in [2.24, 2.45) is 0 Å². The number of nitrogens with zero attached hydrogens (tertiary/aromatic N) is 2. The van der Waals surface area contributed by atoms with Gasteiger partial charge in [-0.25, -0.2) is 4.98 Å². The maximum atomic E-state index is 12.1. The summed E-state index contributed by atoms with van der Waals surface area (Å²) in [6.07, 6.45) is 2.70. The predicted molar refractivity (Wildman–Crippen MR) is 84.0 cm³/mol. The highest BCUT2D eigenvalue weighted by Crippen LogP contribution is 2.17. The van der Waals surface area contributed by atoms with Gasteiger partial charge in [-0.15, -0.1) is 11.3 Å². The van der Waals surface area contributed by atoms with Gasteiger partial charge < -0.3 is 10.2 Å². The first-order valence-electron chi connectivity index (χ1n) is 6.83. The van der Waals surface area contributed by atoms with Crippen molar-refractivity contribution in [2.45, 2.75) is 12.5 Å². The highest BCUT2D eigenvalue weighted by molar-refractivity contribution is 7.13. The van der Waals surface area contributed by atoms with E-state index in [2.05, 4.69) is 22.1 Å². The van der Waals surface area contributed by atoms with E-state index in [1.807, 2.05) is 35.7 Å². The van der Waals surface area contributed by atoms with Gasteiger partial charge in [-0.3, -0.25) is 4.79 Å². The number of carbonyl (C=O) groups excluding carboxylic acids is 1. The molecule has 2 aromatic rings. The van der Waals surface area contributed by atoms with Gasteiger partial charge in [0.25, 0.3) is 5.91 Å². The molecule has 21 heavy (non-hydrogen) atoms. The number of carbonyl (C=O) groups is 1. The summed E-state index contributed by atoms with van der Waals surface area (Å²) in [4.78, 5) is 18.1. The Bertz CT molecular complexity index is 658. The quantitative estimate of drug-likeness (QED) is 0.864. The van der Waals surface area contributed by atoms with Crippen LogP contribution >= 0.6 is 11.3 Å². The Morgan fingerprint density at radius 1 is 1.38 bits per heavy atom. The summed E-state index contributed by atoms with van der Waals surface area (Å²) in [7, 11) is 0. The van der Waals surface area contributed by atoms with Crippen molar-refractivity contribution >= 4 is 22.4 Å². The van der Waals surface area contributed by atoms with E-state index in [1.54, 1.807) is 22.4 Å². The summed E-state index contributed by atoms with van der Waals surface area (Å²) in [5.41, 5.74) is 0.863. The fourth-order valence-electron chi connectivity index (χ4n) is 2.26. The Balaban J connectivity index is 1.56. The molecule has 0 radical (unpaired) electrons. The standard InChI is InChI=1S/C16H15N3OS/c20-15(7-6-13-4-2-1-3-5-13)19-10-8-14(12-19)18-16-17-9-11-21-16/h1-5,9,11,14H,8,10,12H2,(H,17,18). The minimum Gasteiger partial charge on any atom is -0.357 e. The van der Waals surface area contributed by atoms with Gasteiger partial charge >= 0.3 is 0 Å². The zero-order chi connectivity index (χ0) is 14.5. The zero-order valence-electron chi connectivity index (χ0n) is 11.5. The number of anilines is 1. The number of aromatic nitrogens is 1. The van der Waals surface area contributed by atoms with Gasteiger partial charge in [0.15, 0.2) is 5.13 Å². The molecule has 2 heterocycles. The average molecular weight is 297 g/mol. The number of amides is 1. The van der Waals surface area contributed by atoms with Crippen LogP contribution in [0.1, 0.15) is 12.0 Å². The molecule has 1 amide bonds. The summed E-state index contributed by atoms with van der Waals surface area (Å²) in [5.74, 6) is 5.52. The van der Waals surface area contributed by atoms with Crippen LogP contribution in [-0.4, -0.2) is 34.9 Å². The molecule has 1 fully saturated rings. The minimum atomic E-state index is -0.109. The number of hydrogen-bond acceptors (Lipinski definition) is 4. The Morgan fingerprint density at radius 2 is 2.24 bits per heavy atom. The molecule has 5 heteroatoms. The number of benzene rings is 1. The van der Waals surface area contributed by atoms with E-state index in [9.17, 15) is 4.79 Å². The fraction of sp³-hybridized carbons (Fsp3) is 0.250.